The molecule has 1 aliphatic rings. The Labute approximate surface area is 107 Å². The normalized spacial score (nSPS) is 21.9. The third-order valence-corrected chi connectivity index (χ3v) is 4.85. The Kier molecular flexibility index (Phi) is 4.06. The van der Waals surface area contributed by atoms with E-state index in [1.54, 1.807) is 0 Å². The molecule has 1 fully saturated rings. The van der Waals surface area contributed by atoms with Gasteiger partial charge in [-0.25, -0.2) is 8.42 Å². The fourth-order valence-corrected chi connectivity index (χ4v) is 3.82. The van der Waals surface area contributed by atoms with Gasteiger partial charge in [-0.1, -0.05) is 0 Å². The van der Waals surface area contributed by atoms with Gasteiger partial charge in [-0.3, -0.25) is 4.79 Å². The molecule has 0 bridgehead atoms. The highest BCUT2D eigenvalue weighted by molar-refractivity contribution is 7.91. The number of aryl methyl sites for hydroxylation is 1. The molecule has 1 aromatic heterocycles. The minimum Gasteiger partial charge on any atom is -0.354 e. The Morgan fingerprint density at radius 3 is 2.67 bits per heavy atom. The first-order chi connectivity index (χ1) is 8.55. The average Bonchev–Trinajstić information content (AvgIpc) is 2.88. The number of nitrogens with zero attached hydrogens (tertiary/aromatic N) is 1. The molecule has 18 heavy (non-hydrogen) atoms. The Hall–Kier alpha value is -1.30. The van der Waals surface area contributed by atoms with Gasteiger partial charge in [0, 0.05) is 31.4 Å². The van der Waals surface area contributed by atoms with Crippen LogP contribution >= 0.6 is 0 Å². The number of amides is 1. The monoisotopic (exact) mass is 270 g/mol. The van der Waals surface area contributed by atoms with E-state index in [-0.39, 0.29) is 23.5 Å². The number of rotatable bonds is 5. The van der Waals surface area contributed by atoms with Crippen LogP contribution in [0.15, 0.2) is 24.5 Å². The van der Waals surface area contributed by atoms with Gasteiger partial charge in [-0.2, -0.15) is 0 Å². The Balaban J connectivity index is 1.67. The molecule has 1 N–H and O–H groups in total. The quantitative estimate of drug-likeness (QED) is 0.850. The van der Waals surface area contributed by atoms with Crippen molar-refractivity contribution in [3.8, 4) is 0 Å². The highest BCUT2D eigenvalue weighted by atomic mass is 32.2. The maximum Gasteiger partial charge on any atom is 0.220 e. The van der Waals surface area contributed by atoms with Gasteiger partial charge in [0.2, 0.25) is 5.91 Å². The van der Waals surface area contributed by atoms with Crippen LogP contribution in [0.3, 0.4) is 0 Å². The highest BCUT2D eigenvalue weighted by Crippen LogP contribution is 2.11. The smallest absolute Gasteiger partial charge is 0.220 e. The van der Waals surface area contributed by atoms with Crippen molar-refractivity contribution in [1.29, 1.82) is 0 Å². The molecule has 1 saturated heterocycles. The molecule has 1 amide bonds. The number of sulfone groups is 1. The van der Waals surface area contributed by atoms with Gasteiger partial charge >= 0.3 is 0 Å². The van der Waals surface area contributed by atoms with E-state index in [0.717, 1.165) is 13.0 Å². The SMILES string of the molecule is O=C(CCCn1cccc1)NC1CCS(=O)(=O)C1. The zero-order valence-corrected chi connectivity index (χ0v) is 11.0. The summed E-state index contributed by atoms with van der Waals surface area (Å²) in [5.74, 6) is 0.238. The van der Waals surface area contributed by atoms with Crippen molar-refractivity contribution in [3.63, 3.8) is 0 Å². The standard InChI is InChI=1S/C12H18N2O3S/c15-12(4-3-8-14-6-1-2-7-14)13-11-5-9-18(16,17)10-11/h1-2,6-7,11H,3-5,8-10H2,(H,13,15). The Morgan fingerprint density at radius 1 is 1.33 bits per heavy atom. The van der Waals surface area contributed by atoms with Crippen LogP contribution in [0.5, 0.6) is 0 Å². The maximum atomic E-state index is 11.6. The van der Waals surface area contributed by atoms with Crippen molar-refractivity contribution >= 4 is 15.7 Å². The predicted molar refractivity (Wildman–Crippen MR) is 68.9 cm³/mol. The zero-order valence-electron chi connectivity index (χ0n) is 10.2. The summed E-state index contributed by atoms with van der Waals surface area (Å²) in [6, 6.07) is 3.71. The second kappa shape index (κ2) is 5.56. The fourth-order valence-electron chi connectivity index (χ4n) is 2.15. The van der Waals surface area contributed by atoms with E-state index in [1.807, 2.05) is 29.1 Å². The van der Waals surface area contributed by atoms with E-state index < -0.39 is 9.84 Å². The summed E-state index contributed by atoms with van der Waals surface area (Å²) in [5.41, 5.74) is 0. The van der Waals surface area contributed by atoms with Crippen molar-refractivity contribution in [2.75, 3.05) is 11.5 Å². The highest BCUT2D eigenvalue weighted by Gasteiger charge is 2.28. The second-order valence-corrected chi connectivity index (χ2v) is 6.92. The minimum atomic E-state index is -2.92. The van der Waals surface area contributed by atoms with Crippen molar-refractivity contribution in [2.24, 2.45) is 0 Å². The summed E-state index contributed by atoms with van der Waals surface area (Å²) < 4.78 is 24.5. The minimum absolute atomic E-state index is 0.0516. The molecule has 1 atom stereocenters. The van der Waals surface area contributed by atoms with Gasteiger partial charge in [0.15, 0.2) is 9.84 Å². The molecule has 100 valence electrons. The molecule has 2 heterocycles. The fraction of sp³-hybridized carbons (Fsp3) is 0.583. The summed E-state index contributed by atoms with van der Waals surface area (Å²) >= 11 is 0. The molecule has 1 aliphatic heterocycles. The van der Waals surface area contributed by atoms with E-state index in [4.69, 9.17) is 0 Å². The molecule has 0 radical (unpaired) electrons. The molecule has 0 saturated carbocycles. The molecule has 0 spiro atoms. The first-order valence-electron chi connectivity index (χ1n) is 6.16. The van der Waals surface area contributed by atoms with Crippen molar-refractivity contribution in [3.05, 3.63) is 24.5 Å². The molecule has 6 heteroatoms. The summed E-state index contributed by atoms with van der Waals surface area (Å²) in [6.07, 6.45) is 5.67. The number of aromatic nitrogens is 1. The van der Waals surface area contributed by atoms with Crippen LogP contribution in [-0.2, 0) is 21.2 Å². The van der Waals surface area contributed by atoms with Gasteiger partial charge < -0.3 is 9.88 Å². The molecule has 0 aromatic carbocycles. The van der Waals surface area contributed by atoms with Crippen LogP contribution in [0.4, 0.5) is 0 Å². The van der Waals surface area contributed by atoms with Gasteiger partial charge in [-0.15, -0.1) is 0 Å². The number of hydrogen-bond acceptors (Lipinski definition) is 3. The number of hydrogen-bond donors (Lipinski definition) is 1. The van der Waals surface area contributed by atoms with Gasteiger partial charge in [0.25, 0.3) is 0 Å². The molecular formula is C12H18N2O3S. The summed E-state index contributed by atoms with van der Waals surface area (Å²) in [5, 5.41) is 2.79. The molecule has 1 aromatic rings. The Morgan fingerprint density at radius 2 is 2.06 bits per heavy atom. The first kappa shape index (κ1) is 13.1. The first-order valence-corrected chi connectivity index (χ1v) is 7.98. The van der Waals surface area contributed by atoms with Crippen LogP contribution in [0.1, 0.15) is 19.3 Å². The second-order valence-electron chi connectivity index (χ2n) is 4.69. The lowest BCUT2D eigenvalue weighted by atomic mass is 10.2. The van der Waals surface area contributed by atoms with E-state index in [0.29, 0.717) is 12.8 Å². The number of nitrogens with one attached hydrogen (secondary N) is 1. The lowest BCUT2D eigenvalue weighted by Crippen LogP contribution is -2.35. The number of carbonyl (C=O) groups is 1. The topological polar surface area (TPSA) is 68.2 Å². The van der Waals surface area contributed by atoms with Crippen molar-refractivity contribution in [1.82, 2.24) is 9.88 Å². The summed E-state index contributed by atoms with van der Waals surface area (Å²) in [7, 11) is -2.92. The van der Waals surface area contributed by atoms with Gasteiger partial charge in [-0.05, 0) is 25.0 Å². The van der Waals surface area contributed by atoms with E-state index in [9.17, 15) is 13.2 Å². The van der Waals surface area contributed by atoms with E-state index in [2.05, 4.69) is 5.32 Å². The third kappa shape index (κ3) is 3.87. The van der Waals surface area contributed by atoms with Crippen LogP contribution in [-0.4, -0.2) is 36.4 Å². The Bertz CT molecular complexity index is 493. The lowest BCUT2D eigenvalue weighted by molar-refractivity contribution is -0.121. The van der Waals surface area contributed by atoms with Gasteiger partial charge in [0.05, 0.1) is 11.5 Å². The lowest BCUT2D eigenvalue weighted by Gasteiger charge is -2.10. The van der Waals surface area contributed by atoms with Crippen LogP contribution in [0, 0.1) is 0 Å². The van der Waals surface area contributed by atoms with Crippen LogP contribution < -0.4 is 5.32 Å². The molecule has 0 aliphatic carbocycles. The van der Waals surface area contributed by atoms with E-state index in [1.165, 1.54) is 0 Å². The largest absolute Gasteiger partial charge is 0.354 e. The third-order valence-electron chi connectivity index (χ3n) is 3.08. The van der Waals surface area contributed by atoms with Crippen molar-refractivity contribution < 1.29 is 13.2 Å². The molecule has 2 rings (SSSR count). The summed E-state index contributed by atoms with van der Waals surface area (Å²) in [6.45, 7) is 0.809. The van der Waals surface area contributed by atoms with Gasteiger partial charge in [0.1, 0.15) is 0 Å². The maximum absolute atomic E-state index is 11.6. The van der Waals surface area contributed by atoms with E-state index >= 15 is 0 Å². The number of carbonyl (C=O) groups excluding carboxylic acids is 1. The molecule has 1 unspecified atom stereocenters. The zero-order chi connectivity index (χ0) is 13.0. The molecule has 5 nitrogen and oxygen atoms in total. The average molecular weight is 270 g/mol. The van der Waals surface area contributed by atoms with Crippen LogP contribution in [0.25, 0.3) is 0 Å². The molecular weight excluding hydrogens is 252 g/mol. The van der Waals surface area contributed by atoms with Crippen LogP contribution in [0.2, 0.25) is 0 Å². The summed E-state index contributed by atoms with van der Waals surface area (Å²) in [4.78, 5) is 11.6. The van der Waals surface area contributed by atoms with Crippen molar-refractivity contribution in [2.45, 2.75) is 31.8 Å². The predicted octanol–water partition coefficient (Wildman–Crippen LogP) is 0.572.